The van der Waals surface area contributed by atoms with Crippen molar-refractivity contribution in [3.63, 3.8) is 0 Å². The lowest BCUT2D eigenvalue weighted by Gasteiger charge is -2.00. The highest BCUT2D eigenvalue weighted by Crippen LogP contribution is 1.70. The maximum absolute atomic E-state index is 5.35. The highest BCUT2D eigenvalue weighted by atomic mass is 15.0. The summed E-state index contributed by atoms with van der Waals surface area (Å²) in [7, 11) is 0. The summed E-state index contributed by atoms with van der Waals surface area (Å²) in [5.41, 5.74) is 10.5. The number of hydrogen-bond acceptors (Lipinski definition) is 3. The molecule has 0 aromatic rings. The van der Waals surface area contributed by atoms with Gasteiger partial charge >= 0.3 is 0 Å². The molecule has 48 valence electrons. The van der Waals surface area contributed by atoms with E-state index in [1.807, 2.05) is 6.92 Å². The highest BCUT2D eigenvalue weighted by molar-refractivity contribution is 4.90. The average molecular weight is 115 g/mol. The molecular formula is C5H13N3. The fraction of sp³-hybridized carbons (Fsp3) is 0.600. The Morgan fingerprint density at radius 1 is 1.75 bits per heavy atom. The van der Waals surface area contributed by atoms with E-state index in [1.165, 1.54) is 0 Å². The van der Waals surface area contributed by atoms with Gasteiger partial charge in [-0.05, 0) is 13.0 Å². The summed E-state index contributed by atoms with van der Waals surface area (Å²) in [6, 6.07) is 0. The van der Waals surface area contributed by atoms with Crippen molar-refractivity contribution in [2.45, 2.75) is 6.92 Å². The Kier molecular flexibility index (Phi) is 4.07. The van der Waals surface area contributed by atoms with E-state index in [1.54, 1.807) is 6.08 Å². The first-order chi connectivity index (χ1) is 3.81. The van der Waals surface area contributed by atoms with Crippen LogP contribution >= 0.6 is 0 Å². The van der Waals surface area contributed by atoms with Crippen molar-refractivity contribution < 1.29 is 0 Å². The second-order valence-corrected chi connectivity index (χ2v) is 1.46. The fourth-order valence-corrected chi connectivity index (χ4v) is 0.319. The molecule has 0 aromatic heterocycles. The summed E-state index contributed by atoms with van der Waals surface area (Å²) in [5, 5.41) is 2.90. The van der Waals surface area contributed by atoms with Gasteiger partial charge in [-0.1, -0.05) is 0 Å². The van der Waals surface area contributed by atoms with Crippen LogP contribution in [-0.2, 0) is 0 Å². The Morgan fingerprint density at radius 2 is 2.38 bits per heavy atom. The largest absolute Gasteiger partial charge is 0.386 e. The van der Waals surface area contributed by atoms with Gasteiger partial charge in [0, 0.05) is 13.1 Å². The van der Waals surface area contributed by atoms with Gasteiger partial charge in [0.05, 0.1) is 5.82 Å². The van der Waals surface area contributed by atoms with Crippen molar-refractivity contribution in [2.24, 2.45) is 11.5 Å². The summed E-state index contributed by atoms with van der Waals surface area (Å²) < 4.78 is 0. The first-order valence-electron chi connectivity index (χ1n) is 2.67. The first-order valence-corrected chi connectivity index (χ1v) is 2.67. The molecule has 0 saturated carbocycles. The molecule has 3 heteroatoms. The van der Waals surface area contributed by atoms with Crippen LogP contribution < -0.4 is 16.8 Å². The van der Waals surface area contributed by atoms with E-state index in [2.05, 4.69) is 5.32 Å². The Hall–Kier alpha value is -0.700. The highest BCUT2D eigenvalue weighted by Gasteiger charge is 1.80. The minimum Gasteiger partial charge on any atom is -0.386 e. The summed E-state index contributed by atoms with van der Waals surface area (Å²) >= 11 is 0. The number of hydrogen-bond donors (Lipinski definition) is 3. The Bertz CT molecular complexity index is 77.7. The second-order valence-electron chi connectivity index (χ2n) is 1.46. The van der Waals surface area contributed by atoms with Crippen molar-refractivity contribution in [1.82, 2.24) is 5.32 Å². The maximum atomic E-state index is 5.35. The fourth-order valence-electron chi connectivity index (χ4n) is 0.319. The van der Waals surface area contributed by atoms with Gasteiger partial charge in [-0.2, -0.15) is 0 Å². The molecule has 0 saturated heterocycles. The van der Waals surface area contributed by atoms with Gasteiger partial charge in [-0.3, -0.25) is 0 Å². The number of allylic oxidation sites excluding steroid dienone is 1. The van der Waals surface area contributed by atoms with E-state index in [9.17, 15) is 0 Å². The standard InChI is InChI=1S/C5H13N3/c1-2-5(7)8-4-3-6/h2,8H,3-4,6-7H2,1H3. The van der Waals surface area contributed by atoms with Crippen molar-refractivity contribution in [3.8, 4) is 0 Å². The number of nitrogens with one attached hydrogen (secondary N) is 1. The van der Waals surface area contributed by atoms with Crippen molar-refractivity contribution in [2.75, 3.05) is 13.1 Å². The monoisotopic (exact) mass is 115 g/mol. The predicted molar refractivity (Wildman–Crippen MR) is 35.0 cm³/mol. The average Bonchev–Trinajstić information content (AvgIpc) is 1.83. The predicted octanol–water partition coefficient (Wildman–Crippen LogP) is -0.645. The van der Waals surface area contributed by atoms with Crippen molar-refractivity contribution in [3.05, 3.63) is 11.9 Å². The molecule has 3 nitrogen and oxygen atoms in total. The maximum Gasteiger partial charge on any atom is 0.0916 e. The van der Waals surface area contributed by atoms with Gasteiger partial charge in [0.2, 0.25) is 0 Å². The first kappa shape index (κ1) is 7.30. The van der Waals surface area contributed by atoms with Gasteiger partial charge in [0.15, 0.2) is 0 Å². The Labute approximate surface area is 49.7 Å². The minimum atomic E-state index is 0.620. The molecule has 0 aliphatic rings. The molecule has 0 spiro atoms. The molecule has 0 fully saturated rings. The normalized spacial score (nSPS) is 11.5. The zero-order valence-corrected chi connectivity index (χ0v) is 5.15. The van der Waals surface area contributed by atoms with E-state index in [0.29, 0.717) is 12.4 Å². The van der Waals surface area contributed by atoms with Crippen LogP contribution in [0.15, 0.2) is 11.9 Å². The van der Waals surface area contributed by atoms with Crippen LogP contribution in [0.25, 0.3) is 0 Å². The lowest BCUT2D eigenvalue weighted by molar-refractivity contribution is 0.786. The molecule has 0 aliphatic heterocycles. The summed E-state index contributed by atoms with van der Waals surface area (Å²) in [5.74, 6) is 0.690. The molecule has 0 amide bonds. The molecule has 0 aliphatic carbocycles. The van der Waals surface area contributed by atoms with Gasteiger partial charge in [0.1, 0.15) is 0 Å². The molecule has 0 bridgehead atoms. The molecule has 5 N–H and O–H groups in total. The smallest absolute Gasteiger partial charge is 0.0916 e. The van der Waals surface area contributed by atoms with Crippen LogP contribution in [-0.4, -0.2) is 13.1 Å². The molecule has 0 atom stereocenters. The molecule has 0 aromatic carbocycles. The molecule has 0 rings (SSSR count). The van der Waals surface area contributed by atoms with Gasteiger partial charge in [-0.15, -0.1) is 0 Å². The number of nitrogens with two attached hydrogens (primary N) is 2. The Morgan fingerprint density at radius 3 is 2.75 bits per heavy atom. The van der Waals surface area contributed by atoms with Gasteiger partial charge in [0.25, 0.3) is 0 Å². The quantitative estimate of drug-likeness (QED) is 0.458. The summed E-state index contributed by atoms with van der Waals surface area (Å²) in [6.45, 7) is 3.24. The molecule has 0 heterocycles. The van der Waals surface area contributed by atoms with Crippen LogP contribution in [0.3, 0.4) is 0 Å². The van der Waals surface area contributed by atoms with Crippen LogP contribution in [0.1, 0.15) is 6.92 Å². The van der Waals surface area contributed by atoms with Crippen molar-refractivity contribution >= 4 is 0 Å². The third kappa shape index (κ3) is 3.49. The van der Waals surface area contributed by atoms with E-state index in [0.717, 1.165) is 6.54 Å². The van der Waals surface area contributed by atoms with Crippen LogP contribution in [0.5, 0.6) is 0 Å². The lowest BCUT2D eigenvalue weighted by Crippen LogP contribution is -2.25. The zero-order chi connectivity index (χ0) is 6.41. The SMILES string of the molecule is CC=C(N)NCCN. The summed E-state index contributed by atoms with van der Waals surface area (Å²) in [6.07, 6.45) is 1.80. The zero-order valence-electron chi connectivity index (χ0n) is 5.15. The van der Waals surface area contributed by atoms with E-state index in [-0.39, 0.29) is 0 Å². The van der Waals surface area contributed by atoms with Crippen LogP contribution in [0.2, 0.25) is 0 Å². The van der Waals surface area contributed by atoms with E-state index in [4.69, 9.17) is 11.5 Å². The second kappa shape index (κ2) is 4.46. The van der Waals surface area contributed by atoms with Crippen LogP contribution in [0, 0.1) is 0 Å². The molecule has 0 radical (unpaired) electrons. The van der Waals surface area contributed by atoms with E-state index >= 15 is 0 Å². The Balaban J connectivity index is 3.12. The molecule has 8 heavy (non-hydrogen) atoms. The van der Waals surface area contributed by atoms with Gasteiger partial charge < -0.3 is 16.8 Å². The lowest BCUT2D eigenvalue weighted by atomic mass is 10.5. The number of rotatable bonds is 3. The van der Waals surface area contributed by atoms with Crippen LogP contribution in [0.4, 0.5) is 0 Å². The molecular weight excluding hydrogens is 102 g/mol. The minimum absolute atomic E-state index is 0.620. The van der Waals surface area contributed by atoms with Gasteiger partial charge in [-0.25, -0.2) is 0 Å². The van der Waals surface area contributed by atoms with Crippen molar-refractivity contribution in [1.29, 1.82) is 0 Å². The summed E-state index contributed by atoms with van der Waals surface area (Å²) in [4.78, 5) is 0. The topological polar surface area (TPSA) is 64.1 Å². The third-order valence-electron chi connectivity index (χ3n) is 0.784. The molecule has 0 unspecified atom stereocenters. The van der Waals surface area contributed by atoms with E-state index < -0.39 is 0 Å². The third-order valence-corrected chi connectivity index (χ3v) is 0.784.